The first kappa shape index (κ1) is 8.23. The molecular formula is C4H13N3S. The largest absolute Gasteiger partial charge is 0.295 e. The van der Waals surface area contributed by atoms with Gasteiger partial charge < -0.3 is 0 Å². The molecule has 0 heterocycles. The highest BCUT2D eigenvalue weighted by atomic mass is 32.2. The van der Waals surface area contributed by atoms with Crippen LogP contribution < -0.4 is 11.2 Å². The summed E-state index contributed by atoms with van der Waals surface area (Å²) in [6.07, 6.45) is 2.00. The molecule has 0 spiro atoms. The number of nitrogens with two attached hydrogens (primary N) is 1. The van der Waals surface area contributed by atoms with Gasteiger partial charge in [0, 0.05) is 7.05 Å². The second kappa shape index (κ2) is 4.14. The highest BCUT2D eigenvalue weighted by Gasteiger charge is 2.03. The molecule has 0 amide bonds. The molecular weight excluding hydrogens is 122 g/mol. The quantitative estimate of drug-likeness (QED) is 0.315. The van der Waals surface area contributed by atoms with Crippen molar-refractivity contribution in [3.63, 3.8) is 0 Å². The zero-order valence-corrected chi connectivity index (χ0v) is 6.33. The lowest BCUT2D eigenvalue weighted by molar-refractivity contribution is 0.300. The molecule has 50 valence electrons. The molecule has 4 heteroatoms. The molecule has 1 atom stereocenters. The van der Waals surface area contributed by atoms with Crippen LogP contribution in [0.2, 0.25) is 0 Å². The normalized spacial score (nSPS) is 14.6. The third-order valence-corrected chi connectivity index (χ3v) is 1.85. The van der Waals surface area contributed by atoms with E-state index in [9.17, 15) is 0 Å². The first-order valence-electron chi connectivity index (χ1n) is 2.40. The van der Waals surface area contributed by atoms with E-state index in [-0.39, 0.29) is 5.50 Å². The monoisotopic (exact) mass is 135 g/mol. The molecule has 0 aromatic rings. The smallest absolute Gasteiger partial charge is 0.120 e. The van der Waals surface area contributed by atoms with E-state index in [1.165, 1.54) is 0 Å². The van der Waals surface area contributed by atoms with Crippen molar-refractivity contribution in [1.29, 1.82) is 0 Å². The van der Waals surface area contributed by atoms with Crippen LogP contribution in [0.25, 0.3) is 0 Å². The van der Waals surface area contributed by atoms with Crippen molar-refractivity contribution >= 4 is 11.8 Å². The van der Waals surface area contributed by atoms with E-state index >= 15 is 0 Å². The molecule has 0 aliphatic carbocycles. The second-order valence-corrected chi connectivity index (χ2v) is 2.46. The lowest BCUT2D eigenvalue weighted by Gasteiger charge is -2.19. The highest BCUT2D eigenvalue weighted by molar-refractivity contribution is 7.99. The van der Waals surface area contributed by atoms with E-state index in [1.54, 1.807) is 16.8 Å². The zero-order chi connectivity index (χ0) is 6.57. The minimum absolute atomic E-state index is 0.231. The summed E-state index contributed by atoms with van der Waals surface area (Å²) in [6, 6.07) is 0. The Labute approximate surface area is 54.6 Å². The number of rotatable bonds is 3. The highest BCUT2D eigenvalue weighted by Crippen LogP contribution is 2.00. The van der Waals surface area contributed by atoms with Crippen molar-refractivity contribution in [2.24, 2.45) is 5.84 Å². The van der Waals surface area contributed by atoms with E-state index in [4.69, 9.17) is 5.84 Å². The number of thioether (sulfide) groups is 1. The Morgan fingerprint density at radius 1 is 1.75 bits per heavy atom. The first-order chi connectivity index (χ1) is 3.72. The number of nitrogens with one attached hydrogen (secondary N) is 1. The molecule has 0 saturated heterocycles. The maximum absolute atomic E-state index is 5.41. The maximum atomic E-state index is 5.41. The lowest BCUT2D eigenvalue weighted by atomic mass is 10.9. The fraction of sp³-hybridized carbons (Fsp3) is 1.00. The topological polar surface area (TPSA) is 41.3 Å². The number of nitrogens with zero attached hydrogens (tertiary/aromatic N) is 1. The van der Waals surface area contributed by atoms with Crippen LogP contribution in [0.5, 0.6) is 0 Å². The van der Waals surface area contributed by atoms with Gasteiger partial charge in [0.15, 0.2) is 0 Å². The molecule has 0 aromatic heterocycles. The van der Waals surface area contributed by atoms with Crippen LogP contribution in [-0.2, 0) is 0 Å². The van der Waals surface area contributed by atoms with Gasteiger partial charge in [-0.05, 0) is 13.3 Å². The van der Waals surface area contributed by atoms with Crippen molar-refractivity contribution in [2.45, 2.75) is 5.50 Å². The van der Waals surface area contributed by atoms with E-state index in [0.717, 1.165) is 0 Å². The Bertz CT molecular complexity index is 53.2. The number of hydrogen-bond acceptors (Lipinski definition) is 4. The average Bonchev–Trinajstić information content (AvgIpc) is 1.69. The molecule has 0 aliphatic heterocycles. The molecule has 1 unspecified atom stereocenters. The van der Waals surface area contributed by atoms with Gasteiger partial charge in [-0.15, -0.1) is 11.8 Å². The van der Waals surface area contributed by atoms with Crippen molar-refractivity contribution in [3.8, 4) is 0 Å². The number of hydrazine groups is 1. The van der Waals surface area contributed by atoms with Crippen LogP contribution in [0.15, 0.2) is 0 Å². The van der Waals surface area contributed by atoms with Crippen LogP contribution >= 0.6 is 11.8 Å². The molecule has 0 fully saturated rings. The van der Waals surface area contributed by atoms with Crippen LogP contribution in [0.3, 0.4) is 0 Å². The van der Waals surface area contributed by atoms with E-state index in [1.807, 2.05) is 20.4 Å². The molecule has 3 N–H and O–H groups in total. The maximum Gasteiger partial charge on any atom is 0.120 e. The van der Waals surface area contributed by atoms with Gasteiger partial charge in [-0.3, -0.25) is 11.2 Å². The van der Waals surface area contributed by atoms with Crippen LogP contribution in [0, 0.1) is 0 Å². The van der Waals surface area contributed by atoms with E-state index in [2.05, 4.69) is 5.32 Å². The second-order valence-electron chi connectivity index (χ2n) is 1.54. The fourth-order valence-corrected chi connectivity index (χ4v) is 1.06. The van der Waals surface area contributed by atoms with Gasteiger partial charge in [-0.2, -0.15) is 0 Å². The summed E-state index contributed by atoms with van der Waals surface area (Å²) in [7, 11) is 3.71. The first-order valence-corrected chi connectivity index (χ1v) is 3.68. The molecule has 0 aliphatic rings. The van der Waals surface area contributed by atoms with Crippen molar-refractivity contribution in [3.05, 3.63) is 0 Å². The molecule has 3 nitrogen and oxygen atoms in total. The van der Waals surface area contributed by atoms with Crippen molar-refractivity contribution in [2.75, 3.05) is 20.4 Å². The molecule has 8 heavy (non-hydrogen) atoms. The van der Waals surface area contributed by atoms with Crippen LogP contribution in [-0.4, -0.2) is 30.9 Å². The van der Waals surface area contributed by atoms with Crippen LogP contribution in [0.1, 0.15) is 0 Å². The van der Waals surface area contributed by atoms with Crippen LogP contribution in [0.4, 0.5) is 0 Å². The van der Waals surface area contributed by atoms with Gasteiger partial charge in [-0.25, -0.2) is 5.01 Å². The predicted octanol–water partition coefficient (Wildman–Crippen LogP) is -0.342. The zero-order valence-electron chi connectivity index (χ0n) is 5.51. The summed E-state index contributed by atoms with van der Waals surface area (Å²) in [5, 5.41) is 4.64. The van der Waals surface area contributed by atoms with Gasteiger partial charge in [0.2, 0.25) is 0 Å². The van der Waals surface area contributed by atoms with Crippen molar-refractivity contribution < 1.29 is 0 Å². The predicted molar refractivity (Wildman–Crippen MR) is 38.3 cm³/mol. The minimum atomic E-state index is 0.231. The van der Waals surface area contributed by atoms with E-state index in [0.29, 0.717) is 0 Å². The SMILES string of the molecule is CNC(SC)N(C)N. The Balaban J connectivity index is 3.35. The van der Waals surface area contributed by atoms with Crippen molar-refractivity contribution in [1.82, 2.24) is 10.3 Å². The summed E-state index contributed by atoms with van der Waals surface area (Å²) >= 11 is 1.67. The molecule has 0 aromatic carbocycles. The fourth-order valence-electron chi connectivity index (χ4n) is 0.488. The molecule has 0 saturated carbocycles. The van der Waals surface area contributed by atoms with Gasteiger partial charge in [-0.1, -0.05) is 0 Å². The average molecular weight is 135 g/mol. The Morgan fingerprint density at radius 2 is 2.25 bits per heavy atom. The molecule has 0 bridgehead atoms. The minimum Gasteiger partial charge on any atom is -0.295 e. The summed E-state index contributed by atoms with van der Waals surface area (Å²) in [5.74, 6) is 5.41. The number of hydrogen-bond donors (Lipinski definition) is 2. The summed E-state index contributed by atoms with van der Waals surface area (Å²) in [6.45, 7) is 0. The van der Waals surface area contributed by atoms with E-state index < -0.39 is 0 Å². The summed E-state index contributed by atoms with van der Waals surface area (Å²) in [5.41, 5.74) is 0.231. The third-order valence-electron chi connectivity index (χ3n) is 0.840. The summed E-state index contributed by atoms with van der Waals surface area (Å²) in [4.78, 5) is 0. The molecule has 0 rings (SSSR count). The van der Waals surface area contributed by atoms with Gasteiger partial charge >= 0.3 is 0 Å². The molecule has 0 radical (unpaired) electrons. The Kier molecular flexibility index (Phi) is 4.26. The van der Waals surface area contributed by atoms with Gasteiger partial charge in [0.1, 0.15) is 5.50 Å². The standard InChI is InChI=1S/C4H13N3S/c1-6-4(8-3)7(2)5/h4,6H,5H2,1-3H3. The third kappa shape index (κ3) is 2.52. The lowest BCUT2D eigenvalue weighted by Crippen LogP contribution is -2.43. The van der Waals surface area contributed by atoms with Gasteiger partial charge in [0.05, 0.1) is 0 Å². The summed E-state index contributed by atoms with van der Waals surface area (Å²) < 4.78 is 0. The Hall–Kier alpha value is 0.230. The van der Waals surface area contributed by atoms with Gasteiger partial charge in [0.25, 0.3) is 0 Å². The Morgan fingerprint density at radius 3 is 2.25 bits per heavy atom.